The number of anilines is 1. The number of piperazine rings is 1. The first-order valence-electron chi connectivity index (χ1n) is 10.7. The predicted molar refractivity (Wildman–Crippen MR) is 118 cm³/mol. The summed E-state index contributed by atoms with van der Waals surface area (Å²) < 4.78 is 5.23. The number of nitrogens with zero attached hydrogens (tertiary/aromatic N) is 4. The first kappa shape index (κ1) is 19.5. The van der Waals surface area contributed by atoms with Gasteiger partial charge in [0.2, 0.25) is 0 Å². The van der Waals surface area contributed by atoms with Crippen molar-refractivity contribution in [3.8, 4) is 0 Å². The third kappa shape index (κ3) is 3.70. The number of fused-ring (bicyclic) bond motifs is 3. The number of thiophene rings is 1. The number of nitrogen functional groups attached to an aromatic ring is 1. The van der Waals surface area contributed by atoms with Crippen molar-refractivity contribution in [1.82, 2.24) is 19.8 Å². The van der Waals surface area contributed by atoms with Crippen LogP contribution < -0.4 is 5.73 Å². The lowest BCUT2D eigenvalue weighted by Gasteiger charge is -2.34. The van der Waals surface area contributed by atoms with E-state index in [-0.39, 0.29) is 5.91 Å². The van der Waals surface area contributed by atoms with E-state index in [1.165, 1.54) is 23.1 Å². The largest absolute Gasteiger partial charge is 0.459 e. The van der Waals surface area contributed by atoms with E-state index in [0.29, 0.717) is 24.7 Å². The molecule has 1 amide bonds. The van der Waals surface area contributed by atoms with Crippen LogP contribution in [0.25, 0.3) is 10.2 Å². The molecule has 2 aliphatic rings. The highest BCUT2D eigenvalue weighted by Gasteiger charge is 2.25. The Morgan fingerprint density at radius 1 is 1.30 bits per heavy atom. The molecule has 1 atom stereocenters. The molecule has 1 unspecified atom stereocenters. The molecule has 7 nitrogen and oxygen atoms in total. The molecule has 158 valence electrons. The minimum absolute atomic E-state index is 0.0304. The SMILES string of the molecule is CC1CCc2c(sc3nc(CCN4CCN(C(=O)c5ccco5)CC4)nc(N)c23)C1. The third-order valence-corrected chi connectivity index (χ3v) is 7.42. The van der Waals surface area contributed by atoms with Crippen LogP contribution in [-0.4, -0.2) is 58.4 Å². The molecular formula is C22H27N5O2S. The lowest BCUT2D eigenvalue weighted by molar-refractivity contribution is 0.0607. The first-order chi connectivity index (χ1) is 14.6. The van der Waals surface area contributed by atoms with Crippen LogP contribution in [-0.2, 0) is 19.3 Å². The second kappa shape index (κ2) is 8.00. The molecule has 0 bridgehead atoms. The Balaban J connectivity index is 1.21. The first-order valence-corrected chi connectivity index (χ1v) is 11.5. The van der Waals surface area contributed by atoms with Crippen LogP contribution in [0.2, 0.25) is 0 Å². The zero-order chi connectivity index (χ0) is 20.7. The van der Waals surface area contributed by atoms with Crippen molar-refractivity contribution in [2.24, 2.45) is 5.92 Å². The number of nitrogens with two attached hydrogens (primary N) is 1. The van der Waals surface area contributed by atoms with Crippen LogP contribution in [0.1, 0.15) is 40.2 Å². The van der Waals surface area contributed by atoms with E-state index in [1.54, 1.807) is 23.5 Å². The molecule has 0 radical (unpaired) electrons. The third-order valence-electron chi connectivity index (χ3n) is 6.27. The molecule has 1 fully saturated rings. The van der Waals surface area contributed by atoms with Gasteiger partial charge in [-0.15, -0.1) is 11.3 Å². The fourth-order valence-electron chi connectivity index (χ4n) is 4.52. The number of aromatic nitrogens is 2. The summed E-state index contributed by atoms with van der Waals surface area (Å²) in [5.74, 6) is 2.57. The van der Waals surface area contributed by atoms with Crippen molar-refractivity contribution >= 4 is 33.3 Å². The molecule has 1 saturated heterocycles. The van der Waals surface area contributed by atoms with Gasteiger partial charge in [-0.2, -0.15) is 0 Å². The van der Waals surface area contributed by atoms with Crippen LogP contribution in [0.5, 0.6) is 0 Å². The van der Waals surface area contributed by atoms with Gasteiger partial charge in [-0.05, 0) is 42.9 Å². The number of rotatable bonds is 4. The maximum Gasteiger partial charge on any atom is 0.289 e. The average Bonchev–Trinajstić information content (AvgIpc) is 3.39. The Kier molecular flexibility index (Phi) is 5.20. The summed E-state index contributed by atoms with van der Waals surface area (Å²) in [6, 6.07) is 3.46. The smallest absolute Gasteiger partial charge is 0.289 e. The van der Waals surface area contributed by atoms with Crippen LogP contribution >= 0.6 is 11.3 Å². The van der Waals surface area contributed by atoms with Crippen molar-refractivity contribution in [3.05, 3.63) is 40.4 Å². The highest BCUT2D eigenvalue weighted by atomic mass is 32.1. The van der Waals surface area contributed by atoms with E-state index >= 15 is 0 Å². The predicted octanol–water partition coefficient (Wildman–Crippen LogP) is 2.99. The van der Waals surface area contributed by atoms with Crippen molar-refractivity contribution in [3.63, 3.8) is 0 Å². The van der Waals surface area contributed by atoms with E-state index in [4.69, 9.17) is 15.1 Å². The van der Waals surface area contributed by atoms with Gasteiger partial charge in [-0.3, -0.25) is 9.69 Å². The second-order valence-corrected chi connectivity index (χ2v) is 9.50. The lowest BCUT2D eigenvalue weighted by Crippen LogP contribution is -2.49. The normalized spacial score (nSPS) is 19.9. The van der Waals surface area contributed by atoms with Gasteiger partial charge in [0, 0.05) is 44.0 Å². The Hall–Kier alpha value is -2.45. The number of hydrogen-bond donors (Lipinski definition) is 1. The van der Waals surface area contributed by atoms with Gasteiger partial charge in [0.1, 0.15) is 16.5 Å². The summed E-state index contributed by atoms with van der Waals surface area (Å²) in [7, 11) is 0. The molecule has 0 aromatic carbocycles. The van der Waals surface area contributed by atoms with Crippen LogP contribution in [0.15, 0.2) is 22.8 Å². The van der Waals surface area contributed by atoms with Gasteiger partial charge < -0.3 is 15.1 Å². The summed E-state index contributed by atoms with van der Waals surface area (Å²) in [5.41, 5.74) is 7.74. The maximum atomic E-state index is 12.4. The molecule has 1 aliphatic carbocycles. The highest BCUT2D eigenvalue weighted by molar-refractivity contribution is 7.19. The fraction of sp³-hybridized carbons (Fsp3) is 0.500. The van der Waals surface area contributed by atoms with Gasteiger partial charge >= 0.3 is 0 Å². The lowest BCUT2D eigenvalue weighted by atomic mass is 9.89. The number of furan rings is 1. The van der Waals surface area contributed by atoms with E-state index in [9.17, 15) is 4.79 Å². The molecule has 3 aromatic heterocycles. The Morgan fingerprint density at radius 3 is 2.90 bits per heavy atom. The van der Waals surface area contributed by atoms with Gasteiger partial charge in [-0.1, -0.05) is 6.92 Å². The zero-order valence-corrected chi connectivity index (χ0v) is 18.1. The van der Waals surface area contributed by atoms with Crippen molar-refractivity contribution in [1.29, 1.82) is 0 Å². The molecule has 0 spiro atoms. The van der Waals surface area contributed by atoms with Crippen LogP contribution in [0, 0.1) is 5.92 Å². The van der Waals surface area contributed by atoms with E-state index in [0.717, 1.165) is 60.9 Å². The Bertz CT molecular complexity index is 1050. The molecule has 1 aliphatic heterocycles. The molecule has 0 saturated carbocycles. The number of carbonyl (C=O) groups excluding carboxylic acids is 1. The van der Waals surface area contributed by atoms with Crippen LogP contribution in [0.3, 0.4) is 0 Å². The van der Waals surface area contributed by atoms with E-state index in [1.807, 2.05) is 4.90 Å². The number of hydrogen-bond acceptors (Lipinski definition) is 7. The van der Waals surface area contributed by atoms with E-state index in [2.05, 4.69) is 16.8 Å². The van der Waals surface area contributed by atoms with Gasteiger partial charge in [0.15, 0.2) is 5.76 Å². The Labute approximate surface area is 179 Å². The summed E-state index contributed by atoms with van der Waals surface area (Å²) in [4.78, 5) is 28.6. The average molecular weight is 426 g/mol. The Morgan fingerprint density at radius 2 is 2.13 bits per heavy atom. The minimum Gasteiger partial charge on any atom is -0.459 e. The standard InChI is InChI=1S/C22H27N5O2S/c1-14-4-5-15-17(13-14)30-21-19(15)20(23)24-18(25-21)6-7-26-8-10-27(11-9-26)22(28)16-3-2-12-29-16/h2-3,12,14H,4-11,13H2,1H3,(H2,23,24,25). The van der Waals surface area contributed by atoms with Crippen LogP contribution in [0.4, 0.5) is 5.82 Å². The number of aryl methyl sites for hydroxylation is 1. The molecule has 30 heavy (non-hydrogen) atoms. The number of amides is 1. The summed E-state index contributed by atoms with van der Waals surface area (Å²) in [6.07, 6.45) is 5.74. The molecular weight excluding hydrogens is 398 g/mol. The quantitative estimate of drug-likeness (QED) is 0.691. The summed E-state index contributed by atoms with van der Waals surface area (Å²) >= 11 is 1.80. The molecule has 4 heterocycles. The molecule has 8 heteroatoms. The second-order valence-electron chi connectivity index (χ2n) is 8.42. The highest BCUT2D eigenvalue weighted by Crippen LogP contribution is 2.39. The minimum atomic E-state index is -0.0304. The topological polar surface area (TPSA) is 88.5 Å². The van der Waals surface area contributed by atoms with Crippen molar-refractivity contribution in [2.45, 2.75) is 32.6 Å². The molecule has 5 rings (SSSR count). The van der Waals surface area contributed by atoms with Gasteiger partial charge in [0.05, 0.1) is 11.6 Å². The summed E-state index contributed by atoms with van der Waals surface area (Å²) in [5, 5.41) is 1.09. The van der Waals surface area contributed by atoms with Crippen molar-refractivity contribution < 1.29 is 9.21 Å². The number of carbonyl (C=O) groups is 1. The molecule has 3 aromatic rings. The zero-order valence-electron chi connectivity index (χ0n) is 17.3. The van der Waals surface area contributed by atoms with Crippen molar-refractivity contribution in [2.75, 3.05) is 38.5 Å². The summed E-state index contributed by atoms with van der Waals surface area (Å²) in [6.45, 7) is 6.28. The maximum absolute atomic E-state index is 12.4. The molecule has 2 N–H and O–H groups in total. The van der Waals surface area contributed by atoms with Gasteiger partial charge in [-0.25, -0.2) is 9.97 Å². The van der Waals surface area contributed by atoms with E-state index < -0.39 is 0 Å². The fourth-order valence-corrected chi connectivity index (χ4v) is 5.93. The monoisotopic (exact) mass is 425 g/mol. The van der Waals surface area contributed by atoms with Gasteiger partial charge in [0.25, 0.3) is 5.91 Å².